The Morgan fingerprint density at radius 2 is 2.00 bits per heavy atom. The van der Waals surface area contributed by atoms with Crippen LogP contribution in [0.25, 0.3) is 0 Å². The second-order valence-electron chi connectivity index (χ2n) is 4.78. The van der Waals surface area contributed by atoms with E-state index in [2.05, 4.69) is 19.2 Å². The highest BCUT2D eigenvalue weighted by Gasteiger charge is 2.36. The van der Waals surface area contributed by atoms with Gasteiger partial charge in [-0.3, -0.25) is 9.69 Å². The molecule has 1 N–H and O–H groups in total. The monoisotopic (exact) mass is 282 g/mol. The molecule has 0 spiro atoms. The number of nitrogens with zero attached hydrogens (tertiary/aromatic N) is 1. The number of rotatable bonds is 3. The summed E-state index contributed by atoms with van der Waals surface area (Å²) >= 11 is 11.1. The third kappa shape index (κ3) is 2.65. The number of carbonyl (C=O) groups excluding carboxylic acids is 1. The maximum atomic E-state index is 12.3. The van der Waals surface area contributed by atoms with Crippen LogP contribution in [0.1, 0.15) is 20.3 Å². The highest BCUT2D eigenvalue weighted by Crippen LogP contribution is 2.23. The summed E-state index contributed by atoms with van der Waals surface area (Å²) in [6, 6.07) is 6.89. The Balaban J connectivity index is 2.21. The van der Waals surface area contributed by atoms with Crippen LogP contribution < -0.4 is 10.2 Å². The molecule has 1 heterocycles. The zero-order valence-corrected chi connectivity index (χ0v) is 11.9. The van der Waals surface area contributed by atoms with Crippen LogP contribution in [-0.4, -0.2) is 17.1 Å². The van der Waals surface area contributed by atoms with Crippen LogP contribution in [0.4, 0.5) is 5.69 Å². The third-order valence-corrected chi connectivity index (χ3v) is 3.36. The van der Waals surface area contributed by atoms with Crippen molar-refractivity contribution in [2.75, 3.05) is 4.90 Å². The van der Waals surface area contributed by atoms with Crippen molar-refractivity contribution in [3.05, 3.63) is 29.3 Å². The SMILES string of the molecule is CC(C)CC1NC(=S)N(c2ccc(Cl)cc2)C1=O. The molecule has 1 unspecified atom stereocenters. The van der Waals surface area contributed by atoms with Crippen LogP contribution in [0.2, 0.25) is 5.02 Å². The number of amides is 1. The number of hydrogen-bond donors (Lipinski definition) is 1. The van der Waals surface area contributed by atoms with Crippen LogP contribution in [0.15, 0.2) is 24.3 Å². The Bertz CT molecular complexity index is 472. The number of nitrogens with one attached hydrogen (secondary N) is 1. The number of carbonyl (C=O) groups is 1. The molecule has 0 radical (unpaired) electrons. The summed E-state index contributed by atoms with van der Waals surface area (Å²) in [7, 11) is 0. The minimum Gasteiger partial charge on any atom is -0.350 e. The first-order chi connectivity index (χ1) is 8.49. The van der Waals surface area contributed by atoms with Crippen molar-refractivity contribution in [1.29, 1.82) is 0 Å². The average molecular weight is 283 g/mol. The number of hydrogen-bond acceptors (Lipinski definition) is 2. The quantitative estimate of drug-likeness (QED) is 0.865. The third-order valence-electron chi connectivity index (χ3n) is 2.81. The Morgan fingerprint density at radius 3 is 2.56 bits per heavy atom. The zero-order chi connectivity index (χ0) is 13.3. The standard InChI is InChI=1S/C13H15ClN2OS/c1-8(2)7-11-12(17)16(13(18)15-11)10-5-3-9(14)4-6-10/h3-6,8,11H,7H2,1-2H3,(H,15,18). The zero-order valence-electron chi connectivity index (χ0n) is 10.3. The van der Waals surface area contributed by atoms with E-state index in [0.717, 1.165) is 12.1 Å². The van der Waals surface area contributed by atoms with Gasteiger partial charge in [-0.2, -0.15) is 0 Å². The van der Waals surface area contributed by atoms with Gasteiger partial charge in [0.25, 0.3) is 5.91 Å². The number of anilines is 1. The second kappa shape index (κ2) is 5.24. The molecule has 18 heavy (non-hydrogen) atoms. The van der Waals surface area contributed by atoms with Crippen LogP contribution in [-0.2, 0) is 4.79 Å². The molecule has 0 saturated carbocycles. The van der Waals surface area contributed by atoms with Crippen molar-refractivity contribution in [3.63, 3.8) is 0 Å². The van der Waals surface area contributed by atoms with Crippen LogP contribution in [0.5, 0.6) is 0 Å². The number of halogens is 1. The smallest absolute Gasteiger partial charge is 0.255 e. The van der Waals surface area contributed by atoms with E-state index in [1.54, 1.807) is 29.2 Å². The van der Waals surface area contributed by atoms with Gasteiger partial charge in [0.15, 0.2) is 5.11 Å². The summed E-state index contributed by atoms with van der Waals surface area (Å²) in [5.41, 5.74) is 0.758. The molecule has 96 valence electrons. The predicted octanol–water partition coefficient (Wildman–Crippen LogP) is 2.98. The van der Waals surface area contributed by atoms with E-state index in [9.17, 15) is 4.79 Å². The van der Waals surface area contributed by atoms with Crippen molar-refractivity contribution < 1.29 is 4.79 Å². The van der Waals surface area contributed by atoms with Crippen molar-refractivity contribution in [3.8, 4) is 0 Å². The van der Waals surface area contributed by atoms with Gasteiger partial charge in [0.1, 0.15) is 6.04 Å². The molecule has 0 aromatic heterocycles. The lowest BCUT2D eigenvalue weighted by Crippen LogP contribution is -2.31. The molecule has 0 bridgehead atoms. The lowest BCUT2D eigenvalue weighted by atomic mass is 10.0. The average Bonchev–Trinajstić information content (AvgIpc) is 2.55. The number of benzene rings is 1. The van der Waals surface area contributed by atoms with E-state index >= 15 is 0 Å². The van der Waals surface area contributed by atoms with Crippen molar-refractivity contribution in [1.82, 2.24) is 5.32 Å². The molecule has 1 aromatic rings. The summed E-state index contributed by atoms with van der Waals surface area (Å²) in [6.45, 7) is 4.17. The summed E-state index contributed by atoms with van der Waals surface area (Å²) in [5, 5.41) is 4.18. The van der Waals surface area contributed by atoms with Gasteiger partial charge in [-0.1, -0.05) is 25.4 Å². The van der Waals surface area contributed by atoms with Gasteiger partial charge < -0.3 is 5.32 Å². The Morgan fingerprint density at radius 1 is 1.39 bits per heavy atom. The van der Waals surface area contributed by atoms with Gasteiger partial charge in [0, 0.05) is 5.02 Å². The van der Waals surface area contributed by atoms with Gasteiger partial charge in [0.05, 0.1) is 5.69 Å². The minimum atomic E-state index is -0.215. The molecule has 1 aliphatic rings. The van der Waals surface area contributed by atoms with Gasteiger partial charge >= 0.3 is 0 Å². The fourth-order valence-electron chi connectivity index (χ4n) is 2.00. The highest BCUT2D eigenvalue weighted by atomic mass is 35.5. The molecule has 1 fully saturated rings. The number of thiocarbonyl (C=S) groups is 1. The molecule has 1 saturated heterocycles. The molecule has 5 heteroatoms. The lowest BCUT2D eigenvalue weighted by molar-refractivity contribution is -0.118. The summed E-state index contributed by atoms with van der Waals surface area (Å²) < 4.78 is 0. The fourth-order valence-corrected chi connectivity index (χ4v) is 2.46. The van der Waals surface area contributed by atoms with Gasteiger partial charge in [-0.15, -0.1) is 0 Å². The van der Waals surface area contributed by atoms with Crippen LogP contribution >= 0.6 is 23.8 Å². The van der Waals surface area contributed by atoms with Crippen molar-refractivity contribution >= 4 is 40.5 Å². The first kappa shape index (κ1) is 13.3. The molecule has 1 atom stereocenters. The van der Waals surface area contributed by atoms with Crippen LogP contribution in [0, 0.1) is 5.92 Å². The van der Waals surface area contributed by atoms with E-state index in [1.165, 1.54) is 0 Å². The van der Waals surface area contributed by atoms with Gasteiger partial charge in [0.2, 0.25) is 0 Å². The first-order valence-electron chi connectivity index (χ1n) is 5.89. The molecule has 1 aromatic carbocycles. The highest BCUT2D eigenvalue weighted by molar-refractivity contribution is 7.80. The fraction of sp³-hybridized carbons (Fsp3) is 0.385. The lowest BCUT2D eigenvalue weighted by Gasteiger charge is -2.15. The molecule has 0 aliphatic carbocycles. The van der Waals surface area contributed by atoms with E-state index in [0.29, 0.717) is 16.1 Å². The Hall–Kier alpha value is -1.13. The second-order valence-corrected chi connectivity index (χ2v) is 5.60. The molecule has 1 aliphatic heterocycles. The first-order valence-corrected chi connectivity index (χ1v) is 6.67. The molecule has 1 amide bonds. The Labute approximate surface area is 117 Å². The summed E-state index contributed by atoms with van der Waals surface area (Å²) in [6.07, 6.45) is 0.781. The van der Waals surface area contributed by atoms with Gasteiger partial charge in [-0.25, -0.2) is 0 Å². The van der Waals surface area contributed by atoms with E-state index in [4.69, 9.17) is 23.8 Å². The normalized spacial score (nSPS) is 19.6. The largest absolute Gasteiger partial charge is 0.350 e. The topological polar surface area (TPSA) is 32.3 Å². The van der Waals surface area contributed by atoms with E-state index in [-0.39, 0.29) is 11.9 Å². The maximum Gasteiger partial charge on any atom is 0.255 e. The van der Waals surface area contributed by atoms with Crippen molar-refractivity contribution in [2.45, 2.75) is 26.3 Å². The van der Waals surface area contributed by atoms with Gasteiger partial charge in [-0.05, 0) is 48.8 Å². The molecule has 3 nitrogen and oxygen atoms in total. The minimum absolute atomic E-state index is 0.0102. The molecule has 2 rings (SSSR count). The maximum absolute atomic E-state index is 12.3. The summed E-state index contributed by atoms with van der Waals surface area (Å²) in [5.74, 6) is 0.454. The predicted molar refractivity (Wildman–Crippen MR) is 77.9 cm³/mol. The molecular formula is C13H15ClN2OS. The molecular weight excluding hydrogens is 268 g/mol. The Kier molecular flexibility index (Phi) is 3.88. The van der Waals surface area contributed by atoms with Crippen molar-refractivity contribution in [2.24, 2.45) is 5.92 Å². The summed E-state index contributed by atoms with van der Waals surface area (Å²) in [4.78, 5) is 13.8. The van der Waals surface area contributed by atoms with E-state index < -0.39 is 0 Å². The van der Waals surface area contributed by atoms with Crippen LogP contribution in [0.3, 0.4) is 0 Å². The van der Waals surface area contributed by atoms with E-state index in [1.807, 2.05) is 0 Å².